The van der Waals surface area contributed by atoms with Gasteiger partial charge in [0.1, 0.15) is 0 Å². The van der Waals surface area contributed by atoms with Crippen molar-refractivity contribution in [1.29, 1.82) is 0 Å². The van der Waals surface area contributed by atoms with Gasteiger partial charge in [0.25, 0.3) is 0 Å². The van der Waals surface area contributed by atoms with Gasteiger partial charge in [0.05, 0.1) is 6.42 Å². The molecule has 25 heavy (non-hydrogen) atoms. The van der Waals surface area contributed by atoms with Crippen molar-refractivity contribution < 1.29 is 9.59 Å². The van der Waals surface area contributed by atoms with Gasteiger partial charge in [0, 0.05) is 22.1 Å². The summed E-state index contributed by atoms with van der Waals surface area (Å²) in [6.07, 6.45) is 0.375. The van der Waals surface area contributed by atoms with Gasteiger partial charge in [0.2, 0.25) is 5.91 Å². The van der Waals surface area contributed by atoms with Crippen molar-refractivity contribution >= 4 is 40.6 Å². The lowest BCUT2D eigenvalue weighted by atomic mass is 9.87. The summed E-state index contributed by atoms with van der Waals surface area (Å²) in [5, 5.41) is 8.90. The van der Waals surface area contributed by atoms with Crippen molar-refractivity contribution in [3.63, 3.8) is 0 Å². The maximum atomic E-state index is 12.2. The molecule has 0 aliphatic carbocycles. The Hall–Kier alpha value is -2.53. The Balaban J connectivity index is 1.68. The average Bonchev–Trinajstić information content (AvgIpc) is 2.85. The van der Waals surface area contributed by atoms with Crippen LogP contribution in [0.25, 0.3) is 0 Å². The van der Waals surface area contributed by atoms with Crippen molar-refractivity contribution in [2.24, 2.45) is 0 Å². The minimum Gasteiger partial charge on any atom is -0.325 e. The number of halogens is 1. The highest BCUT2D eigenvalue weighted by atomic mass is 35.5. The molecule has 1 aliphatic rings. The molecule has 0 saturated carbocycles. The molecule has 6 heteroatoms. The second-order valence-corrected chi connectivity index (χ2v) is 7.53. The summed E-state index contributed by atoms with van der Waals surface area (Å²) < 4.78 is 0. The first kappa shape index (κ1) is 17.3. The van der Waals surface area contributed by atoms with Crippen LogP contribution in [0.15, 0.2) is 36.4 Å². The van der Waals surface area contributed by atoms with Gasteiger partial charge in [-0.25, -0.2) is 4.79 Å². The molecular weight excluding hydrogens is 338 g/mol. The number of benzene rings is 2. The largest absolute Gasteiger partial charge is 0.325 e. The molecule has 3 rings (SSSR count). The van der Waals surface area contributed by atoms with E-state index in [-0.39, 0.29) is 17.4 Å². The third-order valence-corrected chi connectivity index (χ3v) is 4.34. The fraction of sp³-hybridized carbons (Fsp3) is 0.263. The minimum atomic E-state index is -0.371. The van der Waals surface area contributed by atoms with E-state index in [9.17, 15) is 9.59 Å². The van der Waals surface area contributed by atoms with Crippen LogP contribution in [-0.4, -0.2) is 11.9 Å². The fourth-order valence-corrected chi connectivity index (χ4v) is 3.25. The molecule has 0 atom stereocenters. The van der Waals surface area contributed by atoms with Crippen LogP contribution >= 0.6 is 11.6 Å². The molecule has 0 fully saturated rings. The lowest BCUT2D eigenvalue weighted by Crippen LogP contribution is -2.20. The normalized spacial score (nSPS) is 13.2. The number of rotatable bonds is 2. The predicted octanol–water partition coefficient (Wildman–Crippen LogP) is 4.78. The highest BCUT2D eigenvalue weighted by Crippen LogP contribution is 2.31. The molecule has 130 valence electrons. The third-order valence-electron chi connectivity index (χ3n) is 4.03. The zero-order valence-electron chi connectivity index (χ0n) is 14.4. The zero-order chi connectivity index (χ0) is 18.2. The summed E-state index contributed by atoms with van der Waals surface area (Å²) in [5.74, 6) is -0.0369. The predicted molar refractivity (Wildman–Crippen MR) is 102 cm³/mol. The molecule has 0 bridgehead atoms. The van der Waals surface area contributed by atoms with Crippen molar-refractivity contribution in [2.45, 2.75) is 32.6 Å². The highest BCUT2D eigenvalue weighted by molar-refractivity contribution is 6.31. The molecule has 3 N–H and O–H groups in total. The van der Waals surface area contributed by atoms with Gasteiger partial charge in [-0.15, -0.1) is 0 Å². The van der Waals surface area contributed by atoms with Gasteiger partial charge in [-0.05, 0) is 40.8 Å². The second-order valence-electron chi connectivity index (χ2n) is 7.12. The highest BCUT2D eigenvalue weighted by Gasteiger charge is 2.19. The number of hydrogen-bond donors (Lipinski definition) is 3. The molecule has 1 heterocycles. The molecule has 0 unspecified atom stereocenters. The van der Waals surface area contributed by atoms with Crippen molar-refractivity contribution in [3.05, 3.63) is 52.5 Å². The van der Waals surface area contributed by atoms with Crippen LogP contribution in [0.1, 0.15) is 31.9 Å². The van der Waals surface area contributed by atoms with E-state index in [2.05, 4.69) is 36.7 Å². The molecule has 1 aliphatic heterocycles. The molecule has 0 radical (unpaired) electrons. The summed E-state index contributed by atoms with van der Waals surface area (Å²) in [6, 6.07) is 10.5. The van der Waals surface area contributed by atoms with Crippen LogP contribution in [0.4, 0.5) is 21.9 Å². The second kappa shape index (κ2) is 6.41. The summed E-state index contributed by atoms with van der Waals surface area (Å²) in [6.45, 7) is 6.25. The lowest BCUT2D eigenvalue weighted by Gasteiger charge is -2.21. The maximum absolute atomic E-state index is 12.2. The standard InChI is InChI=1S/C19H20ClN3O2/c1-19(2,3)14-7-6-12(9-15(14)20)21-18(25)22-13-5-4-11-8-17(24)23-16(11)10-13/h4-7,9-10H,8H2,1-3H3,(H,23,24)(H2,21,22,25). The van der Waals surface area contributed by atoms with Crippen molar-refractivity contribution in [2.75, 3.05) is 16.0 Å². The van der Waals surface area contributed by atoms with E-state index >= 15 is 0 Å². The van der Waals surface area contributed by atoms with E-state index in [1.54, 1.807) is 18.2 Å². The van der Waals surface area contributed by atoms with E-state index in [0.717, 1.165) is 16.8 Å². The molecule has 5 nitrogen and oxygen atoms in total. The van der Waals surface area contributed by atoms with Gasteiger partial charge in [-0.3, -0.25) is 4.79 Å². The summed E-state index contributed by atoms with van der Waals surface area (Å²) in [4.78, 5) is 23.6. The first-order valence-electron chi connectivity index (χ1n) is 8.03. The number of carbonyl (C=O) groups is 2. The quantitative estimate of drug-likeness (QED) is 0.724. The molecule has 2 aromatic carbocycles. The Morgan fingerprint density at radius 3 is 2.36 bits per heavy atom. The van der Waals surface area contributed by atoms with E-state index in [1.165, 1.54) is 0 Å². The van der Waals surface area contributed by atoms with Crippen molar-refractivity contribution in [3.8, 4) is 0 Å². The fourth-order valence-electron chi connectivity index (χ4n) is 2.79. The summed E-state index contributed by atoms with van der Waals surface area (Å²) in [5.41, 5.74) is 3.85. The zero-order valence-corrected chi connectivity index (χ0v) is 15.1. The maximum Gasteiger partial charge on any atom is 0.323 e. The first-order valence-corrected chi connectivity index (χ1v) is 8.41. The first-order chi connectivity index (χ1) is 11.7. The number of hydrogen-bond acceptors (Lipinski definition) is 2. The average molecular weight is 358 g/mol. The van der Waals surface area contributed by atoms with E-state index in [1.807, 2.05) is 18.2 Å². The Kier molecular flexibility index (Phi) is 4.43. The van der Waals surface area contributed by atoms with Crippen LogP contribution in [0.2, 0.25) is 5.02 Å². The summed E-state index contributed by atoms with van der Waals surface area (Å²) in [7, 11) is 0. The third kappa shape index (κ3) is 3.94. The minimum absolute atomic E-state index is 0.0369. The number of urea groups is 1. The molecule has 0 spiro atoms. The number of fused-ring (bicyclic) bond motifs is 1. The van der Waals surface area contributed by atoms with E-state index in [0.29, 0.717) is 22.8 Å². The number of amides is 3. The topological polar surface area (TPSA) is 70.2 Å². The molecule has 3 amide bonds. The van der Waals surface area contributed by atoms with Gasteiger partial charge in [0.15, 0.2) is 0 Å². The van der Waals surface area contributed by atoms with E-state index < -0.39 is 0 Å². The van der Waals surface area contributed by atoms with Gasteiger partial charge < -0.3 is 16.0 Å². The van der Waals surface area contributed by atoms with Crippen LogP contribution in [0.5, 0.6) is 0 Å². The Morgan fingerprint density at radius 1 is 1.08 bits per heavy atom. The molecule has 0 aromatic heterocycles. The van der Waals surface area contributed by atoms with Crippen LogP contribution in [0, 0.1) is 0 Å². The van der Waals surface area contributed by atoms with Gasteiger partial charge >= 0.3 is 6.03 Å². The Bertz CT molecular complexity index is 856. The summed E-state index contributed by atoms with van der Waals surface area (Å²) >= 11 is 6.32. The van der Waals surface area contributed by atoms with E-state index in [4.69, 9.17) is 11.6 Å². The molecular formula is C19H20ClN3O2. The molecule has 2 aromatic rings. The SMILES string of the molecule is CC(C)(C)c1ccc(NC(=O)Nc2ccc3c(c2)NC(=O)C3)cc1Cl. The van der Waals surface area contributed by atoms with Gasteiger partial charge in [-0.1, -0.05) is 44.5 Å². The van der Waals surface area contributed by atoms with Crippen molar-refractivity contribution in [1.82, 2.24) is 0 Å². The Morgan fingerprint density at radius 2 is 1.72 bits per heavy atom. The molecule has 0 saturated heterocycles. The number of nitrogens with one attached hydrogen (secondary N) is 3. The van der Waals surface area contributed by atoms with Crippen LogP contribution in [-0.2, 0) is 16.6 Å². The smallest absolute Gasteiger partial charge is 0.323 e. The van der Waals surface area contributed by atoms with Crippen LogP contribution in [0.3, 0.4) is 0 Å². The lowest BCUT2D eigenvalue weighted by molar-refractivity contribution is -0.115. The number of carbonyl (C=O) groups excluding carboxylic acids is 2. The Labute approximate surface area is 151 Å². The van der Waals surface area contributed by atoms with Crippen LogP contribution < -0.4 is 16.0 Å². The van der Waals surface area contributed by atoms with Gasteiger partial charge in [-0.2, -0.15) is 0 Å². The number of anilines is 3. The monoisotopic (exact) mass is 357 g/mol.